The number of hydrogen-bond acceptors (Lipinski definition) is 4. The second-order valence-electron chi connectivity index (χ2n) is 5.25. The molecule has 5 nitrogen and oxygen atoms in total. The average molecular weight is 314 g/mol. The van der Waals surface area contributed by atoms with Crippen LogP contribution in [-0.4, -0.2) is 27.1 Å². The molecule has 0 aliphatic carbocycles. The fourth-order valence-electron chi connectivity index (χ4n) is 1.93. The molecule has 0 unspecified atom stereocenters. The van der Waals surface area contributed by atoms with Gasteiger partial charge in [0, 0.05) is 12.1 Å². The molecule has 0 bridgehead atoms. The van der Waals surface area contributed by atoms with Crippen LogP contribution in [-0.2, 0) is 10.0 Å². The van der Waals surface area contributed by atoms with Gasteiger partial charge in [-0.15, -0.1) is 0 Å². The van der Waals surface area contributed by atoms with Crippen molar-refractivity contribution in [2.24, 2.45) is 5.73 Å². The van der Waals surface area contributed by atoms with E-state index in [2.05, 4.69) is 4.72 Å². The highest BCUT2D eigenvalue weighted by Gasteiger charge is 2.24. The summed E-state index contributed by atoms with van der Waals surface area (Å²) in [5, 5.41) is 0. The molecule has 21 heavy (non-hydrogen) atoms. The van der Waals surface area contributed by atoms with E-state index in [1.165, 1.54) is 0 Å². The average Bonchev–Trinajstić information content (AvgIpc) is 2.47. The predicted molar refractivity (Wildman–Crippen MR) is 85.0 cm³/mol. The Morgan fingerprint density at radius 1 is 1.24 bits per heavy atom. The maximum Gasteiger partial charge on any atom is 0.240 e. The van der Waals surface area contributed by atoms with E-state index in [0.29, 0.717) is 25.2 Å². The standard InChI is InChI=1S/C15H26N2O3S/c1-5-15(16,6-2)11-17-21(18,19)13-8-9-14(20-7-3)12(4)10-13/h8-10,17H,5-7,11,16H2,1-4H3. The summed E-state index contributed by atoms with van der Waals surface area (Å²) in [5.74, 6) is 0.701. The number of hydrogen-bond donors (Lipinski definition) is 2. The molecule has 0 saturated carbocycles. The van der Waals surface area contributed by atoms with E-state index in [9.17, 15) is 8.42 Å². The number of benzene rings is 1. The van der Waals surface area contributed by atoms with Gasteiger partial charge in [0.25, 0.3) is 0 Å². The Bertz CT molecular complexity index is 566. The lowest BCUT2D eigenvalue weighted by molar-refractivity contribution is 0.337. The largest absolute Gasteiger partial charge is 0.494 e. The van der Waals surface area contributed by atoms with Crippen molar-refractivity contribution in [3.63, 3.8) is 0 Å². The monoisotopic (exact) mass is 314 g/mol. The molecule has 0 spiro atoms. The van der Waals surface area contributed by atoms with Gasteiger partial charge in [0.1, 0.15) is 5.75 Å². The normalized spacial score (nSPS) is 12.4. The Morgan fingerprint density at radius 3 is 2.33 bits per heavy atom. The maximum absolute atomic E-state index is 12.3. The van der Waals surface area contributed by atoms with Crippen LogP contribution in [0.4, 0.5) is 0 Å². The molecule has 6 heteroatoms. The van der Waals surface area contributed by atoms with E-state index in [4.69, 9.17) is 10.5 Å². The first-order chi connectivity index (χ1) is 9.78. The molecule has 0 amide bonds. The minimum atomic E-state index is -3.55. The molecular weight excluding hydrogens is 288 g/mol. The van der Waals surface area contributed by atoms with E-state index in [0.717, 1.165) is 5.56 Å². The first-order valence-corrected chi connectivity index (χ1v) is 8.78. The summed E-state index contributed by atoms with van der Waals surface area (Å²) in [5.41, 5.74) is 6.42. The van der Waals surface area contributed by atoms with Crippen molar-refractivity contribution >= 4 is 10.0 Å². The Labute approximate surface area is 127 Å². The zero-order valence-corrected chi connectivity index (χ0v) is 14.1. The number of nitrogens with two attached hydrogens (primary N) is 1. The van der Waals surface area contributed by atoms with Crippen molar-refractivity contribution in [2.45, 2.75) is 51.0 Å². The summed E-state index contributed by atoms with van der Waals surface area (Å²) >= 11 is 0. The molecule has 0 fully saturated rings. The van der Waals surface area contributed by atoms with Crippen LogP contribution in [0.1, 0.15) is 39.2 Å². The van der Waals surface area contributed by atoms with Gasteiger partial charge in [0.15, 0.2) is 0 Å². The fraction of sp³-hybridized carbons (Fsp3) is 0.600. The Balaban J connectivity index is 2.91. The highest BCUT2D eigenvalue weighted by atomic mass is 32.2. The van der Waals surface area contributed by atoms with Gasteiger partial charge in [0.2, 0.25) is 10.0 Å². The van der Waals surface area contributed by atoms with Crippen LogP contribution in [0, 0.1) is 6.92 Å². The van der Waals surface area contributed by atoms with Gasteiger partial charge < -0.3 is 10.5 Å². The van der Waals surface area contributed by atoms with E-state index in [-0.39, 0.29) is 11.4 Å². The van der Waals surface area contributed by atoms with Crippen LogP contribution < -0.4 is 15.2 Å². The summed E-state index contributed by atoms with van der Waals surface area (Å²) in [6, 6.07) is 4.85. The summed E-state index contributed by atoms with van der Waals surface area (Å²) in [7, 11) is -3.55. The summed E-state index contributed by atoms with van der Waals surface area (Å²) < 4.78 is 32.7. The SMILES string of the molecule is CCOc1ccc(S(=O)(=O)NCC(N)(CC)CC)cc1C. The Hall–Kier alpha value is -1.11. The molecule has 1 rings (SSSR count). The van der Waals surface area contributed by atoms with Crippen molar-refractivity contribution in [3.05, 3.63) is 23.8 Å². The van der Waals surface area contributed by atoms with Crippen molar-refractivity contribution < 1.29 is 13.2 Å². The summed E-state index contributed by atoms with van der Waals surface area (Å²) in [6.07, 6.45) is 1.43. The Morgan fingerprint density at radius 2 is 1.86 bits per heavy atom. The third-order valence-corrected chi connectivity index (χ3v) is 5.18. The molecule has 1 aromatic rings. The summed E-state index contributed by atoms with van der Waals surface area (Å²) in [6.45, 7) is 8.41. The third-order valence-electron chi connectivity index (χ3n) is 3.78. The zero-order chi connectivity index (χ0) is 16.1. The number of aryl methyl sites for hydroxylation is 1. The van der Waals surface area contributed by atoms with Crippen LogP contribution in [0.5, 0.6) is 5.75 Å². The van der Waals surface area contributed by atoms with Crippen LogP contribution in [0.3, 0.4) is 0 Å². The topological polar surface area (TPSA) is 81.4 Å². The van der Waals surface area contributed by atoms with Crippen LogP contribution >= 0.6 is 0 Å². The molecular formula is C15H26N2O3S. The second kappa shape index (κ2) is 7.24. The number of sulfonamides is 1. The molecule has 0 aromatic heterocycles. The van der Waals surface area contributed by atoms with Gasteiger partial charge in [-0.2, -0.15) is 0 Å². The van der Waals surface area contributed by atoms with Gasteiger partial charge >= 0.3 is 0 Å². The minimum absolute atomic E-state index is 0.231. The molecule has 0 aliphatic rings. The van der Waals surface area contributed by atoms with Crippen molar-refractivity contribution in [3.8, 4) is 5.75 Å². The van der Waals surface area contributed by atoms with Crippen molar-refractivity contribution in [1.82, 2.24) is 4.72 Å². The lowest BCUT2D eigenvalue weighted by Gasteiger charge is -2.26. The highest BCUT2D eigenvalue weighted by Crippen LogP contribution is 2.22. The van der Waals surface area contributed by atoms with Gasteiger partial charge in [0.05, 0.1) is 11.5 Å². The van der Waals surface area contributed by atoms with Gasteiger partial charge in [-0.25, -0.2) is 13.1 Å². The predicted octanol–water partition coefficient (Wildman–Crippen LogP) is 2.19. The smallest absolute Gasteiger partial charge is 0.240 e. The van der Waals surface area contributed by atoms with Crippen LogP contribution in [0.15, 0.2) is 23.1 Å². The molecule has 120 valence electrons. The zero-order valence-electron chi connectivity index (χ0n) is 13.3. The van der Waals surface area contributed by atoms with Gasteiger partial charge in [-0.1, -0.05) is 13.8 Å². The second-order valence-corrected chi connectivity index (χ2v) is 7.02. The summed E-state index contributed by atoms with van der Waals surface area (Å²) in [4.78, 5) is 0.234. The van der Waals surface area contributed by atoms with Crippen LogP contribution in [0.2, 0.25) is 0 Å². The quantitative estimate of drug-likeness (QED) is 0.770. The van der Waals surface area contributed by atoms with E-state index in [1.54, 1.807) is 18.2 Å². The van der Waals surface area contributed by atoms with E-state index >= 15 is 0 Å². The Kier molecular flexibility index (Phi) is 6.19. The van der Waals surface area contributed by atoms with Crippen molar-refractivity contribution in [2.75, 3.05) is 13.2 Å². The molecule has 3 N–H and O–H groups in total. The molecule has 0 aliphatic heterocycles. The first kappa shape index (κ1) is 17.9. The molecule has 0 atom stereocenters. The maximum atomic E-state index is 12.3. The number of ether oxygens (including phenoxy) is 1. The van der Waals surface area contributed by atoms with E-state index in [1.807, 2.05) is 27.7 Å². The van der Waals surface area contributed by atoms with E-state index < -0.39 is 15.6 Å². The van der Waals surface area contributed by atoms with Gasteiger partial charge in [-0.3, -0.25) is 0 Å². The lowest BCUT2D eigenvalue weighted by atomic mass is 9.95. The molecule has 0 heterocycles. The third kappa shape index (κ3) is 4.69. The fourth-order valence-corrected chi connectivity index (χ4v) is 3.15. The highest BCUT2D eigenvalue weighted by molar-refractivity contribution is 7.89. The number of nitrogens with one attached hydrogen (secondary N) is 1. The first-order valence-electron chi connectivity index (χ1n) is 7.30. The van der Waals surface area contributed by atoms with Crippen LogP contribution in [0.25, 0.3) is 0 Å². The molecule has 1 aromatic carbocycles. The molecule has 0 radical (unpaired) electrons. The number of rotatable bonds is 8. The van der Waals surface area contributed by atoms with Gasteiger partial charge in [-0.05, 0) is 50.5 Å². The lowest BCUT2D eigenvalue weighted by Crippen LogP contribution is -2.49. The van der Waals surface area contributed by atoms with Crippen molar-refractivity contribution in [1.29, 1.82) is 0 Å². The minimum Gasteiger partial charge on any atom is -0.494 e. The molecule has 0 saturated heterocycles.